The van der Waals surface area contributed by atoms with Gasteiger partial charge in [0.05, 0.1) is 31.9 Å². The van der Waals surface area contributed by atoms with E-state index in [4.69, 9.17) is 25.8 Å². The van der Waals surface area contributed by atoms with Crippen molar-refractivity contribution in [1.29, 1.82) is 0 Å². The highest BCUT2D eigenvalue weighted by Gasteiger charge is 2.36. The molecule has 12 heteroatoms. The number of aryl methyl sites for hydroxylation is 1. The lowest BCUT2D eigenvalue weighted by Gasteiger charge is -2.34. The van der Waals surface area contributed by atoms with Crippen molar-refractivity contribution in [2.75, 3.05) is 32.2 Å². The summed E-state index contributed by atoms with van der Waals surface area (Å²) in [6, 6.07) is 24.6. The largest absolute Gasteiger partial charge is 0.495 e. The van der Waals surface area contributed by atoms with E-state index in [0.29, 0.717) is 12.2 Å². The maximum Gasteiger partial charge on any atom is 0.265 e. The van der Waals surface area contributed by atoms with Gasteiger partial charge in [0.2, 0.25) is 11.8 Å². The molecule has 0 aliphatic rings. The van der Waals surface area contributed by atoms with Gasteiger partial charge >= 0.3 is 0 Å². The third kappa shape index (κ3) is 9.28. The number of hydrogen-bond acceptors (Lipinski definition) is 7. The van der Waals surface area contributed by atoms with Gasteiger partial charge < -0.3 is 24.4 Å². The van der Waals surface area contributed by atoms with Crippen LogP contribution in [0, 0.1) is 6.92 Å². The first-order chi connectivity index (χ1) is 23.9. The number of rotatable bonds is 16. The predicted molar refractivity (Wildman–Crippen MR) is 196 cm³/mol. The molecule has 0 saturated carbocycles. The molecule has 0 bridgehead atoms. The van der Waals surface area contributed by atoms with Gasteiger partial charge in [0, 0.05) is 30.1 Å². The summed E-state index contributed by atoms with van der Waals surface area (Å²) >= 11 is 6.41. The minimum atomic E-state index is -4.49. The average molecular weight is 722 g/mol. The summed E-state index contributed by atoms with van der Waals surface area (Å²) in [6.45, 7) is 5.16. The molecule has 0 unspecified atom stereocenters. The summed E-state index contributed by atoms with van der Waals surface area (Å²) in [4.78, 5) is 30.2. The monoisotopic (exact) mass is 721 g/mol. The van der Waals surface area contributed by atoms with Crippen LogP contribution in [0.15, 0.2) is 95.9 Å². The second-order valence-corrected chi connectivity index (χ2v) is 14.2. The number of sulfonamides is 1. The molecule has 10 nitrogen and oxygen atoms in total. The zero-order valence-electron chi connectivity index (χ0n) is 29.2. The Morgan fingerprint density at radius 1 is 0.820 bits per heavy atom. The normalized spacial score (nSPS) is 12.4. The lowest BCUT2D eigenvalue weighted by Crippen LogP contribution is -2.54. The van der Waals surface area contributed by atoms with Gasteiger partial charge in [0.1, 0.15) is 18.3 Å². The van der Waals surface area contributed by atoms with Crippen molar-refractivity contribution in [2.24, 2.45) is 0 Å². The molecule has 0 saturated heterocycles. The number of anilines is 1. The van der Waals surface area contributed by atoms with Crippen molar-refractivity contribution in [3.8, 4) is 17.2 Å². The van der Waals surface area contributed by atoms with Crippen LogP contribution < -0.4 is 23.8 Å². The Labute approximate surface area is 300 Å². The van der Waals surface area contributed by atoms with E-state index in [1.807, 2.05) is 75.4 Å². The molecule has 266 valence electrons. The number of halogens is 1. The Bertz CT molecular complexity index is 1890. The van der Waals surface area contributed by atoms with Gasteiger partial charge in [-0.05, 0) is 61.7 Å². The molecule has 0 aromatic heterocycles. The zero-order chi connectivity index (χ0) is 36.4. The second-order valence-electron chi connectivity index (χ2n) is 11.9. The second kappa shape index (κ2) is 17.3. The van der Waals surface area contributed by atoms with E-state index >= 15 is 0 Å². The first-order valence-corrected chi connectivity index (χ1v) is 18.0. The molecule has 0 fully saturated rings. The van der Waals surface area contributed by atoms with Gasteiger partial charge in [-0.25, -0.2) is 8.42 Å². The van der Waals surface area contributed by atoms with E-state index in [1.54, 1.807) is 6.07 Å². The fourth-order valence-corrected chi connectivity index (χ4v) is 7.08. The Hall–Kier alpha value is -4.74. The summed E-state index contributed by atoms with van der Waals surface area (Å²) in [5, 5.41) is 3.27. The van der Waals surface area contributed by atoms with Gasteiger partial charge in [-0.2, -0.15) is 0 Å². The van der Waals surface area contributed by atoms with Crippen LogP contribution in [0.2, 0.25) is 5.02 Å². The number of carbonyl (C=O) groups excluding carboxylic acids is 2. The first-order valence-electron chi connectivity index (χ1n) is 16.2. The molecule has 4 aromatic carbocycles. The summed E-state index contributed by atoms with van der Waals surface area (Å²) in [5.41, 5.74) is 2.63. The van der Waals surface area contributed by atoms with Crippen molar-refractivity contribution in [3.63, 3.8) is 0 Å². The molecule has 2 atom stereocenters. The Morgan fingerprint density at radius 3 is 2.12 bits per heavy atom. The van der Waals surface area contributed by atoms with Crippen LogP contribution in [0.3, 0.4) is 0 Å². The average Bonchev–Trinajstić information content (AvgIpc) is 3.11. The van der Waals surface area contributed by atoms with Gasteiger partial charge in [-0.1, -0.05) is 78.7 Å². The number of benzene rings is 4. The molecule has 50 heavy (non-hydrogen) atoms. The number of carbonyl (C=O) groups is 2. The first kappa shape index (κ1) is 38.1. The zero-order valence-corrected chi connectivity index (χ0v) is 30.8. The van der Waals surface area contributed by atoms with Crippen LogP contribution in [0.25, 0.3) is 0 Å². The van der Waals surface area contributed by atoms with Crippen LogP contribution in [0.4, 0.5) is 5.69 Å². The van der Waals surface area contributed by atoms with Crippen LogP contribution in [0.5, 0.6) is 17.2 Å². The molecular weight excluding hydrogens is 678 g/mol. The van der Waals surface area contributed by atoms with Crippen molar-refractivity contribution in [1.82, 2.24) is 10.2 Å². The molecule has 0 spiro atoms. The van der Waals surface area contributed by atoms with Crippen LogP contribution >= 0.6 is 11.6 Å². The minimum Gasteiger partial charge on any atom is -0.495 e. The molecular formula is C38H44ClN3O7S. The lowest BCUT2D eigenvalue weighted by atomic mass is 10.0. The number of hydrogen-bond donors (Lipinski definition) is 1. The number of amides is 2. The standard InChI is InChI=1S/C38H44ClN3O7S/c1-7-27(3)40-38(44)33(21-28-13-9-8-10-14-28)41(24-29-15-11-12-26(2)20-29)37(43)25-42(32-22-30(39)16-18-34(32)47-4)50(45,46)31-17-19-35(48-5)36(23-31)49-6/h8-20,22-23,27,33H,7,21,24-25H2,1-6H3,(H,40,44)/t27-,33-/m1/s1. The minimum absolute atomic E-state index is 0.0438. The van der Waals surface area contributed by atoms with Crippen molar-refractivity contribution in [2.45, 2.75) is 57.1 Å². The molecule has 0 aliphatic carbocycles. The van der Waals surface area contributed by atoms with Crippen molar-refractivity contribution < 1.29 is 32.2 Å². The third-order valence-corrected chi connectivity index (χ3v) is 10.3. The van der Waals surface area contributed by atoms with E-state index in [1.165, 1.54) is 56.6 Å². The van der Waals surface area contributed by atoms with Crippen LogP contribution in [-0.2, 0) is 32.6 Å². The van der Waals surface area contributed by atoms with E-state index < -0.39 is 28.5 Å². The predicted octanol–water partition coefficient (Wildman–Crippen LogP) is 6.42. The number of ether oxygens (including phenoxy) is 3. The smallest absolute Gasteiger partial charge is 0.265 e. The molecule has 0 heterocycles. The molecule has 0 aliphatic heterocycles. The molecule has 2 amide bonds. The van der Waals surface area contributed by atoms with Crippen LogP contribution in [0.1, 0.15) is 37.0 Å². The van der Waals surface area contributed by atoms with Gasteiger partial charge in [0.15, 0.2) is 11.5 Å². The maximum atomic E-state index is 14.8. The third-order valence-electron chi connectivity index (χ3n) is 8.34. The Kier molecular flexibility index (Phi) is 13.1. The molecule has 0 radical (unpaired) electrons. The number of nitrogens with zero attached hydrogens (tertiary/aromatic N) is 2. The fourth-order valence-electron chi connectivity index (χ4n) is 5.48. The van der Waals surface area contributed by atoms with Gasteiger partial charge in [-0.3, -0.25) is 13.9 Å². The topological polar surface area (TPSA) is 114 Å². The molecule has 4 aromatic rings. The lowest BCUT2D eigenvalue weighted by molar-refractivity contribution is -0.140. The van der Waals surface area contributed by atoms with E-state index in [0.717, 1.165) is 21.0 Å². The highest BCUT2D eigenvalue weighted by molar-refractivity contribution is 7.92. The van der Waals surface area contributed by atoms with Gasteiger partial charge in [0.25, 0.3) is 10.0 Å². The molecule has 4 rings (SSSR count). The number of nitrogens with one attached hydrogen (secondary N) is 1. The SMILES string of the molecule is CC[C@@H](C)NC(=O)[C@@H](Cc1ccccc1)N(Cc1cccc(C)c1)C(=O)CN(c1cc(Cl)ccc1OC)S(=O)(=O)c1ccc(OC)c(OC)c1. The van der Waals surface area contributed by atoms with Gasteiger partial charge in [-0.15, -0.1) is 0 Å². The summed E-state index contributed by atoms with van der Waals surface area (Å²) in [5.74, 6) is -0.276. The van der Waals surface area contributed by atoms with E-state index in [-0.39, 0.29) is 52.0 Å². The highest BCUT2D eigenvalue weighted by atomic mass is 35.5. The van der Waals surface area contributed by atoms with E-state index in [2.05, 4.69) is 5.32 Å². The van der Waals surface area contributed by atoms with E-state index in [9.17, 15) is 18.0 Å². The number of methoxy groups -OCH3 is 3. The van der Waals surface area contributed by atoms with Crippen LogP contribution in [-0.4, -0.2) is 65.1 Å². The summed E-state index contributed by atoms with van der Waals surface area (Å²) < 4.78 is 46.4. The highest BCUT2D eigenvalue weighted by Crippen LogP contribution is 2.37. The Morgan fingerprint density at radius 2 is 1.48 bits per heavy atom. The quantitative estimate of drug-likeness (QED) is 0.142. The summed E-state index contributed by atoms with van der Waals surface area (Å²) in [7, 11) is -0.245. The van der Waals surface area contributed by atoms with Crippen molar-refractivity contribution in [3.05, 3.63) is 113 Å². The summed E-state index contributed by atoms with van der Waals surface area (Å²) in [6.07, 6.45) is 0.880. The van der Waals surface area contributed by atoms with Crippen molar-refractivity contribution >= 4 is 39.1 Å². The Balaban J connectivity index is 1.89. The molecule has 1 N–H and O–H groups in total. The fraction of sp³-hybridized carbons (Fsp3) is 0.316. The maximum absolute atomic E-state index is 14.8.